The van der Waals surface area contributed by atoms with E-state index in [2.05, 4.69) is 11.7 Å². The number of amides is 2. The average Bonchev–Trinajstić information content (AvgIpc) is 2.95. The van der Waals surface area contributed by atoms with Crippen molar-refractivity contribution in [2.75, 3.05) is 19.6 Å². The van der Waals surface area contributed by atoms with E-state index < -0.39 is 23.3 Å². The maximum Gasteiger partial charge on any atom is 0.435 e. The van der Waals surface area contributed by atoms with Crippen molar-refractivity contribution in [1.82, 2.24) is 19.6 Å². The molecule has 1 atom stereocenters. The summed E-state index contributed by atoms with van der Waals surface area (Å²) in [5.74, 6) is -0.967. The minimum Gasteiger partial charge on any atom is -0.335 e. The zero-order valence-electron chi connectivity index (χ0n) is 13.5. The Hall–Kier alpha value is -2.32. The van der Waals surface area contributed by atoms with Crippen molar-refractivity contribution in [1.29, 1.82) is 0 Å². The lowest BCUT2D eigenvalue weighted by atomic mass is 10.1. The molecule has 24 heavy (non-hydrogen) atoms. The minimum atomic E-state index is -4.70. The summed E-state index contributed by atoms with van der Waals surface area (Å²) in [5, 5.41) is 3.36. The molecular formula is C15H19F3N4O2. The quantitative estimate of drug-likeness (QED) is 0.784. The van der Waals surface area contributed by atoms with Gasteiger partial charge in [-0.2, -0.15) is 18.3 Å². The number of carbonyl (C=O) groups excluding carboxylic acids is 2. The molecule has 2 heterocycles. The number of halogens is 3. The van der Waals surface area contributed by atoms with Gasteiger partial charge >= 0.3 is 6.18 Å². The highest BCUT2D eigenvalue weighted by atomic mass is 19.4. The van der Waals surface area contributed by atoms with E-state index in [1.54, 1.807) is 4.90 Å². The molecule has 2 rings (SSSR count). The largest absolute Gasteiger partial charge is 0.435 e. The summed E-state index contributed by atoms with van der Waals surface area (Å²) in [7, 11) is 1.33. The second kappa shape index (κ2) is 6.66. The second-order valence-electron chi connectivity index (χ2n) is 5.61. The zero-order chi connectivity index (χ0) is 18.1. The van der Waals surface area contributed by atoms with Crippen molar-refractivity contribution in [3.63, 3.8) is 0 Å². The minimum absolute atomic E-state index is 0.168. The Morgan fingerprint density at radius 3 is 2.62 bits per heavy atom. The van der Waals surface area contributed by atoms with E-state index in [0.717, 1.165) is 10.9 Å². The molecule has 1 saturated heterocycles. The lowest BCUT2D eigenvalue weighted by Crippen LogP contribution is -2.56. The molecule has 0 aliphatic carbocycles. The first kappa shape index (κ1) is 18.0. The van der Waals surface area contributed by atoms with Crippen molar-refractivity contribution >= 4 is 11.8 Å². The van der Waals surface area contributed by atoms with Gasteiger partial charge in [0, 0.05) is 38.9 Å². The number of hydrogen-bond donors (Lipinski definition) is 0. The van der Waals surface area contributed by atoms with Gasteiger partial charge in [-0.1, -0.05) is 13.5 Å². The van der Waals surface area contributed by atoms with Crippen LogP contribution in [0.5, 0.6) is 0 Å². The first-order valence-electron chi connectivity index (χ1n) is 7.52. The average molecular weight is 344 g/mol. The molecule has 0 saturated carbocycles. The number of carbonyl (C=O) groups is 2. The third-order valence-corrected chi connectivity index (χ3v) is 4.03. The van der Waals surface area contributed by atoms with Crippen molar-refractivity contribution in [3.05, 3.63) is 30.1 Å². The van der Waals surface area contributed by atoms with Crippen molar-refractivity contribution in [2.45, 2.75) is 25.6 Å². The highest BCUT2D eigenvalue weighted by Gasteiger charge is 2.41. The molecule has 2 amide bonds. The fourth-order valence-corrected chi connectivity index (χ4v) is 2.82. The summed E-state index contributed by atoms with van der Waals surface area (Å²) in [6.45, 7) is 5.90. The van der Waals surface area contributed by atoms with E-state index in [4.69, 9.17) is 0 Å². The van der Waals surface area contributed by atoms with Gasteiger partial charge in [0.1, 0.15) is 0 Å². The fraction of sp³-hybridized carbons (Fsp3) is 0.533. The number of hydrogen-bond acceptors (Lipinski definition) is 3. The Balaban J connectivity index is 2.23. The molecule has 0 N–H and O–H groups in total. The van der Waals surface area contributed by atoms with E-state index in [9.17, 15) is 22.8 Å². The van der Waals surface area contributed by atoms with Gasteiger partial charge < -0.3 is 9.80 Å². The van der Waals surface area contributed by atoms with Gasteiger partial charge in [0.05, 0.1) is 5.56 Å². The summed E-state index contributed by atoms with van der Waals surface area (Å²) in [5.41, 5.74) is -1.66. The van der Waals surface area contributed by atoms with Crippen LogP contribution in [0.3, 0.4) is 0 Å². The predicted molar refractivity (Wildman–Crippen MR) is 80.1 cm³/mol. The number of aromatic nitrogens is 2. The van der Waals surface area contributed by atoms with Crippen LogP contribution in [0.2, 0.25) is 0 Å². The molecule has 132 valence electrons. The first-order chi connectivity index (χ1) is 11.2. The smallest absolute Gasteiger partial charge is 0.335 e. The Kier molecular flexibility index (Phi) is 5.00. The summed E-state index contributed by atoms with van der Waals surface area (Å²) in [6, 6.07) is -0.251. The van der Waals surface area contributed by atoms with Crippen molar-refractivity contribution in [3.8, 4) is 0 Å². The van der Waals surface area contributed by atoms with Crippen LogP contribution in [-0.4, -0.2) is 57.1 Å². The molecule has 9 heteroatoms. The highest BCUT2D eigenvalue weighted by molar-refractivity contribution is 5.95. The third kappa shape index (κ3) is 3.44. The summed E-state index contributed by atoms with van der Waals surface area (Å²) in [6.07, 6.45) is -1.84. The van der Waals surface area contributed by atoms with Gasteiger partial charge in [-0.05, 0) is 12.5 Å². The molecule has 1 fully saturated rings. The Morgan fingerprint density at radius 1 is 1.42 bits per heavy atom. The molecule has 1 aliphatic heterocycles. The molecule has 1 aromatic heterocycles. The van der Waals surface area contributed by atoms with Gasteiger partial charge in [-0.25, -0.2) is 0 Å². The van der Waals surface area contributed by atoms with Crippen LogP contribution >= 0.6 is 0 Å². The van der Waals surface area contributed by atoms with E-state index in [0.29, 0.717) is 6.42 Å². The Bertz CT molecular complexity index is 654. The van der Waals surface area contributed by atoms with Crippen LogP contribution in [0.15, 0.2) is 18.9 Å². The van der Waals surface area contributed by atoms with Crippen LogP contribution in [0.25, 0.3) is 0 Å². The number of aryl methyl sites for hydroxylation is 1. The molecule has 0 spiro atoms. The number of nitrogens with zero attached hydrogens (tertiary/aromatic N) is 4. The number of piperazine rings is 1. The summed E-state index contributed by atoms with van der Waals surface area (Å²) < 4.78 is 40.1. The van der Waals surface area contributed by atoms with Gasteiger partial charge in [-0.15, -0.1) is 0 Å². The molecule has 0 aromatic carbocycles. The first-order valence-corrected chi connectivity index (χ1v) is 7.52. The molecule has 0 bridgehead atoms. The van der Waals surface area contributed by atoms with Gasteiger partial charge in [-0.3, -0.25) is 14.3 Å². The standard InChI is InChI=1S/C15H19F3N4O2/c1-4-10-8-21(6-7-22(10)12(23)5-2)14(24)11-9-20(3)19-13(11)15(16,17)18/h5,9-10H,2,4,6-8H2,1,3H3/t10-/m0/s1. The van der Waals surface area contributed by atoms with Gasteiger partial charge in [0.15, 0.2) is 5.69 Å². The molecule has 1 aromatic rings. The Morgan fingerprint density at radius 2 is 2.08 bits per heavy atom. The SMILES string of the molecule is C=CC(=O)N1CCN(C(=O)c2cn(C)nc2C(F)(F)F)C[C@@H]1CC. The summed E-state index contributed by atoms with van der Waals surface area (Å²) >= 11 is 0. The van der Waals surface area contributed by atoms with E-state index in [-0.39, 0.29) is 31.6 Å². The van der Waals surface area contributed by atoms with Crippen molar-refractivity contribution < 1.29 is 22.8 Å². The molecule has 0 unspecified atom stereocenters. The third-order valence-electron chi connectivity index (χ3n) is 4.03. The maximum atomic E-state index is 13.0. The van der Waals surface area contributed by atoms with Gasteiger partial charge in [0.25, 0.3) is 5.91 Å². The van der Waals surface area contributed by atoms with Gasteiger partial charge in [0.2, 0.25) is 5.91 Å². The van der Waals surface area contributed by atoms with Crippen LogP contribution in [-0.2, 0) is 18.0 Å². The van der Waals surface area contributed by atoms with Crippen LogP contribution in [0.1, 0.15) is 29.4 Å². The normalized spacial score (nSPS) is 18.6. The molecule has 1 aliphatic rings. The monoisotopic (exact) mass is 344 g/mol. The predicted octanol–water partition coefficient (Wildman–Crippen LogP) is 1.69. The highest BCUT2D eigenvalue weighted by Crippen LogP contribution is 2.31. The van der Waals surface area contributed by atoms with E-state index >= 15 is 0 Å². The molecular weight excluding hydrogens is 325 g/mol. The molecule has 6 nitrogen and oxygen atoms in total. The second-order valence-corrected chi connectivity index (χ2v) is 5.61. The van der Waals surface area contributed by atoms with E-state index in [1.165, 1.54) is 18.0 Å². The zero-order valence-corrected chi connectivity index (χ0v) is 13.5. The fourth-order valence-electron chi connectivity index (χ4n) is 2.82. The van der Waals surface area contributed by atoms with Crippen LogP contribution in [0, 0.1) is 0 Å². The summed E-state index contributed by atoms with van der Waals surface area (Å²) in [4.78, 5) is 27.3. The number of rotatable bonds is 3. The number of alkyl halides is 3. The van der Waals surface area contributed by atoms with Crippen molar-refractivity contribution in [2.24, 2.45) is 7.05 Å². The van der Waals surface area contributed by atoms with Crippen LogP contribution in [0.4, 0.5) is 13.2 Å². The van der Waals surface area contributed by atoms with Crippen LogP contribution < -0.4 is 0 Å². The van der Waals surface area contributed by atoms with E-state index in [1.807, 2.05) is 6.92 Å². The Labute approximate surface area is 137 Å². The topological polar surface area (TPSA) is 58.4 Å². The maximum absolute atomic E-state index is 13.0. The lowest BCUT2D eigenvalue weighted by molar-refractivity contribution is -0.141. The molecule has 0 radical (unpaired) electrons. The lowest BCUT2D eigenvalue weighted by Gasteiger charge is -2.40.